The number of ketones is 1. The molecule has 0 saturated carbocycles. The summed E-state index contributed by atoms with van der Waals surface area (Å²) in [7, 11) is 1.49. The van der Waals surface area contributed by atoms with E-state index in [1.165, 1.54) is 14.0 Å². The molecule has 0 atom stereocenters. The Morgan fingerprint density at radius 1 is 1.50 bits per heavy atom. The van der Waals surface area contributed by atoms with Gasteiger partial charge < -0.3 is 9.84 Å². The summed E-state index contributed by atoms with van der Waals surface area (Å²) in [6, 6.07) is 3.37. The average Bonchev–Trinajstić information content (AvgIpc) is 2.15. The van der Waals surface area contributed by atoms with Gasteiger partial charge in [0.15, 0.2) is 5.78 Å². The number of methoxy groups -OCH3 is 1. The van der Waals surface area contributed by atoms with Gasteiger partial charge in [-0.25, -0.2) is 0 Å². The lowest BCUT2D eigenvalue weighted by molar-refractivity contribution is 0.101. The minimum atomic E-state index is -0.193. The number of rotatable bonds is 3. The predicted octanol–water partition coefficient (Wildman–Crippen LogP) is 2.17. The third-order valence-electron chi connectivity index (χ3n) is 2.12. The number of Topliss-reactive ketones (excluding diaryl/α,β-unsaturated/α-hetero) is 1. The Hall–Kier alpha value is -1.51. The van der Waals surface area contributed by atoms with Gasteiger partial charge in [-0.3, -0.25) is 4.79 Å². The molecule has 0 fully saturated rings. The molecule has 1 rings (SSSR count). The summed E-state index contributed by atoms with van der Waals surface area (Å²) in [4.78, 5) is 11.2. The highest BCUT2D eigenvalue weighted by Gasteiger charge is 2.14. The van der Waals surface area contributed by atoms with Crippen molar-refractivity contribution in [1.29, 1.82) is 0 Å². The van der Waals surface area contributed by atoms with Gasteiger partial charge in [0.05, 0.1) is 7.11 Å². The average molecular weight is 194 g/mol. The molecule has 1 aromatic rings. The third-order valence-corrected chi connectivity index (χ3v) is 2.12. The molecule has 3 nitrogen and oxygen atoms in total. The number of phenols is 1. The van der Waals surface area contributed by atoms with Crippen LogP contribution in [0.4, 0.5) is 0 Å². The number of ether oxygens (including phenoxy) is 1. The van der Waals surface area contributed by atoms with E-state index in [4.69, 9.17) is 4.74 Å². The summed E-state index contributed by atoms with van der Waals surface area (Å²) in [5, 5.41) is 9.60. The normalized spacial score (nSPS) is 9.93. The van der Waals surface area contributed by atoms with Crippen LogP contribution < -0.4 is 4.74 Å². The Bertz CT molecular complexity index is 356. The number of phenolic OH excluding ortho intramolecular Hbond substituents is 1. The van der Waals surface area contributed by atoms with E-state index in [0.29, 0.717) is 5.75 Å². The van der Waals surface area contributed by atoms with E-state index in [1.54, 1.807) is 12.1 Å². The smallest absolute Gasteiger partial charge is 0.167 e. The Balaban J connectivity index is 3.34. The number of hydrogen-bond acceptors (Lipinski definition) is 3. The van der Waals surface area contributed by atoms with Crippen LogP contribution in [0.2, 0.25) is 0 Å². The molecular weight excluding hydrogens is 180 g/mol. The summed E-state index contributed by atoms with van der Waals surface area (Å²) >= 11 is 0. The first-order valence-corrected chi connectivity index (χ1v) is 4.51. The van der Waals surface area contributed by atoms with Crippen LogP contribution in [-0.4, -0.2) is 18.0 Å². The van der Waals surface area contributed by atoms with Crippen molar-refractivity contribution in [3.63, 3.8) is 0 Å². The quantitative estimate of drug-likeness (QED) is 0.750. The van der Waals surface area contributed by atoms with Gasteiger partial charge in [0.25, 0.3) is 0 Å². The molecule has 0 spiro atoms. The van der Waals surface area contributed by atoms with Crippen molar-refractivity contribution in [2.75, 3.05) is 7.11 Å². The van der Waals surface area contributed by atoms with Crippen molar-refractivity contribution in [1.82, 2.24) is 0 Å². The van der Waals surface area contributed by atoms with Crippen LogP contribution >= 0.6 is 0 Å². The van der Waals surface area contributed by atoms with E-state index in [9.17, 15) is 9.90 Å². The molecule has 0 unspecified atom stereocenters. The largest absolute Gasteiger partial charge is 0.507 e. The summed E-state index contributed by atoms with van der Waals surface area (Å²) in [5.41, 5.74) is 1.20. The highest BCUT2D eigenvalue weighted by Crippen LogP contribution is 2.30. The minimum absolute atomic E-state index is 0.00583. The molecule has 3 heteroatoms. The molecule has 0 bridgehead atoms. The van der Waals surface area contributed by atoms with Crippen LogP contribution in [0.5, 0.6) is 11.5 Å². The fourth-order valence-electron chi connectivity index (χ4n) is 1.38. The number of carbonyl (C=O) groups is 1. The Morgan fingerprint density at radius 3 is 2.57 bits per heavy atom. The Labute approximate surface area is 83.3 Å². The Kier molecular flexibility index (Phi) is 3.12. The van der Waals surface area contributed by atoms with Crippen LogP contribution in [0, 0.1) is 0 Å². The monoisotopic (exact) mass is 194 g/mol. The van der Waals surface area contributed by atoms with Crippen LogP contribution in [0.1, 0.15) is 29.8 Å². The lowest BCUT2D eigenvalue weighted by Crippen LogP contribution is -1.99. The maximum Gasteiger partial charge on any atom is 0.167 e. The van der Waals surface area contributed by atoms with Crippen LogP contribution in [-0.2, 0) is 6.42 Å². The van der Waals surface area contributed by atoms with E-state index in [2.05, 4.69) is 0 Å². The topological polar surface area (TPSA) is 46.5 Å². The van der Waals surface area contributed by atoms with Gasteiger partial charge in [0, 0.05) is 0 Å². The lowest BCUT2D eigenvalue weighted by Gasteiger charge is -2.09. The van der Waals surface area contributed by atoms with Gasteiger partial charge >= 0.3 is 0 Å². The standard InChI is InChI=1S/C11H14O3/c1-4-8-5-9(13)11(7(2)12)10(6-8)14-3/h5-6,13H,4H2,1-3H3. The van der Waals surface area contributed by atoms with E-state index >= 15 is 0 Å². The maximum atomic E-state index is 11.2. The van der Waals surface area contributed by atoms with Gasteiger partial charge in [-0.1, -0.05) is 6.92 Å². The second kappa shape index (κ2) is 4.13. The highest BCUT2D eigenvalue weighted by molar-refractivity contribution is 5.99. The first-order valence-electron chi connectivity index (χ1n) is 4.51. The minimum Gasteiger partial charge on any atom is -0.507 e. The number of aryl methyl sites for hydroxylation is 1. The molecule has 0 aromatic heterocycles. The lowest BCUT2D eigenvalue weighted by atomic mass is 10.0. The van der Waals surface area contributed by atoms with E-state index in [-0.39, 0.29) is 17.1 Å². The van der Waals surface area contributed by atoms with Crippen molar-refractivity contribution in [3.8, 4) is 11.5 Å². The van der Waals surface area contributed by atoms with Gasteiger partial charge in [-0.2, -0.15) is 0 Å². The second-order valence-corrected chi connectivity index (χ2v) is 3.10. The molecule has 0 aliphatic heterocycles. The van der Waals surface area contributed by atoms with Crippen LogP contribution in [0.3, 0.4) is 0 Å². The van der Waals surface area contributed by atoms with E-state index < -0.39 is 0 Å². The molecule has 14 heavy (non-hydrogen) atoms. The van der Waals surface area contributed by atoms with Gasteiger partial charge in [0.2, 0.25) is 0 Å². The SMILES string of the molecule is CCc1cc(O)c(C(C)=O)c(OC)c1. The number of aromatic hydroxyl groups is 1. The van der Waals surface area contributed by atoms with Gasteiger partial charge in [0.1, 0.15) is 17.1 Å². The Morgan fingerprint density at radius 2 is 2.14 bits per heavy atom. The molecule has 1 aromatic carbocycles. The molecule has 0 aliphatic rings. The van der Waals surface area contributed by atoms with Crippen LogP contribution in [0.25, 0.3) is 0 Å². The van der Waals surface area contributed by atoms with Crippen molar-refractivity contribution >= 4 is 5.78 Å². The zero-order chi connectivity index (χ0) is 10.7. The zero-order valence-electron chi connectivity index (χ0n) is 8.63. The fourth-order valence-corrected chi connectivity index (χ4v) is 1.38. The number of carbonyl (C=O) groups excluding carboxylic acids is 1. The molecule has 0 radical (unpaired) electrons. The molecule has 0 saturated heterocycles. The second-order valence-electron chi connectivity index (χ2n) is 3.10. The van der Waals surface area contributed by atoms with Gasteiger partial charge in [-0.05, 0) is 31.0 Å². The van der Waals surface area contributed by atoms with Crippen molar-refractivity contribution in [3.05, 3.63) is 23.3 Å². The van der Waals surface area contributed by atoms with Gasteiger partial charge in [-0.15, -0.1) is 0 Å². The van der Waals surface area contributed by atoms with Crippen molar-refractivity contribution < 1.29 is 14.6 Å². The van der Waals surface area contributed by atoms with E-state index in [1.807, 2.05) is 6.92 Å². The zero-order valence-corrected chi connectivity index (χ0v) is 8.63. The first-order chi connectivity index (χ1) is 6.60. The summed E-state index contributed by atoms with van der Waals surface area (Å²) in [6.07, 6.45) is 0.794. The summed E-state index contributed by atoms with van der Waals surface area (Å²) in [5.74, 6) is 0.241. The molecule has 1 N–H and O–H groups in total. The number of benzene rings is 1. The molecule has 0 amide bonds. The predicted molar refractivity (Wildman–Crippen MR) is 54.0 cm³/mol. The van der Waals surface area contributed by atoms with Crippen molar-refractivity contribution in [2.24, 2.45) is 0 Å². The third kappa shape index (κ3) is 1.87. The maximum absolute atomic E-state index is 11.2. The first kappa shape index (κ1) is 10.6. The van der Waals surface area contributed by atoms with E-state index in [0.717, 1.165) is 12.0 Å². The molecule has 76 valence electrons. The molecule has 0 heterocycles. The highest BCUT2D eigenvalue weighted by atomic mass is 16.5. The fraction of sp³-hybridized carbons (Fsp3) is 0.364. The van der Waals surface area contributed by atoms with Crippen molar-refractivity contribution in [2.45, 2.75) is 20.3 Å². The summed E-state index contributed by atoms with van der Waals surface area (Å²) < 4.78 is 5.05. The molecule has 0 aliphatic carbocycles. The summed E-state index contributed by atoms with van der Waals surface area (Å²) in [6.45, 7) is 3.38. The molecular formula is C11H14O3. The number of hydrogen-bond donors (Lipinski definition) is 1. The van der Waals surface area contributed by atoms with Crippen LogP contribution in [0.15, 0.2) is 12.1 Å².